The normalized spacial score (nSPS) is 19.6. The Morgan fingerprint density at radius 1 is 1.11 bits per heavy atom. The lowest BCUT2D eigenvalue weighted by molar-refractivity contribution is -0.131. The van der Waals surface area contributed by atoms with Crippen LogP contribution in [0.4, 0.5) is 0 Å². The lowest BCUT2D eigenvalue weighted by Gasteiger charge is -2.37. The number of hydrogen-bond donors (Lipinski definition) is 1. The summed E-state index contributed by atoms with van der Waals surface area (Å²) in [5.74, 6) is 1.41. The second-order valence-electron chi connectivity index (χ2n) is 7.76. The fraction of sp³-hybridized carbons (Fsp3) is 0.435. The molecule has 1 aliphatic carbocycles. The van der Waals surface area contributed by atoms with Crippen LogP contribution in [0.5, 0.6) is 5.75 Å². The largest absolute Gasteiger partial charge is 0.497 e. The Hall–Kier alpha value is -2.04. The third-order valence-corrected chi connectivity index (χ3v) is 6.28. The lowest BCUT2D eigenvalue weighted by Crippen LogP contribution is -2.49. The number of nitrogens with one attached hydrogen (secondary N) is 1. The molecule has 1 aliphatic heterocycles. The summed E-state index contributed by atoms with van der Waals surface area (Å²) < 4.78 is 10.8. The van der Waals surface area contributed by atoms with Crippen LogP contribution in [0.15, 0.2) is 48.5 Å². The maximum Gasteiger partial charge on any atom is 0.231 e. The average Bonchev–Trinajstić information content (AvgIpc) is 3.58. The summed E-state index contributed by atoms with van der Waals surface area (Å²) in [5.41, 5.74) is 1.58. The predicted octanol–water partition coefficient (Wildman–Crippen LogP) is 4.66. The number of methoxy groups -OCH3 is 1. The van der Waals surface area contributed by atoms with Gasteiger partial charge in [0.15, 0.2) is 0 Å². The van der Waals surface area contributed by atoms with Gasteiger partial charge in [0.05, 0.1) is 18.6 Å². The summed E-state index contributed by atoms with van der Waals surface area (Å²) >= 11 is 6.08. The van der Waals surface area contributed by atoms with Crippen molar-refractivity contribution in [1.29, 1.82) is 0 Å². The molecule has 28 heavy (non-hydrogen) atoms. The Labute approximate surface area is 171 Å². The summed E-state index contributed by atoms with van der Waals surface area (Å²) in [7, 11) is 1.66. The zero-order valence-electron chi connectivity index (χ0n) is 16.1. The molecule has 2 aliphatic rings. The molecule has 4 rings (SSSR count). The van der Waals surface area contributed by atoms with Gasteiger partial charge in [-0.2, -0.15) is 0 Å². The topological polar surface area (TPSA) is 47.6 Å². The van der Waals surface area contributed by atoms with Crippen molar-refractivity contribution in [1.82, 2.24) is 5.32 Å². The SMILES string of the molecule is COc1ccc(C(NC(=O)C2(c3ccc(Cl)cc3)CCOCC2)C2CC2)cc1. The van der Waals surface area contributed by atoms with E-state index in [4.69, 9.17) is 21.1 Å². The van der Waals surface area contributed by atoms with E-state index in [1.807, 2.05) is 36.4 Å². The number of halogens is 1. The molecule has 5 heteroatoms. The second-order valence-corrected chi connectivity index (χ2v) is 8.20. The fourth-order valence-electron chi connectivity index (χ4n) is 4.13. The molecule has 1 amide bonds. The first-order chi connectivity index (χ1) is 13.6. The molecule has 1 saturated heterocycles. The van der Waals surface area contributed by atoms with Crippen LogP contribution in [0.1, 0.15) is 42.9 Å². The molecule has 1 heterocycles. The molecule has 1 N–H and O–H groups in total. The van der Waals surface area contributed by atoms with Gasteiger partial charge in [0, 0.05) is 18.2 Å². The van der Waals surface area contributed by atoms with E-state index in [0.29, 0.717) is 37.0 Å². The van der Waals surface area contributed by atoms with Gasteiger partial charge in [0.1, 0.15) is 5.75 Å². The molecule has 0 aromatic heterocycles. The molecular formula is C23H26ClNO3. The molecule has 4 nitrogen and oxygen atoms in total. The highest BCUT2D eigenvalue weighted by Gasteiger charge is 2.44. The standard InChI is InChI=1S/C23H26ClNO3/c1-27-20-10-4-17(5-11-20)21(16-2-3-16)25-22(26)23(12-14-28-15-13-23)18-6-8-19(24)9-7-18/h4-11,16,21H,2-3,12-15H2,1H3,(H,25,26). The van der Waals surface area contributed by atoms with Crippen molar-refractivity contribution in [3.8, 4) is 5.75 Å². The van der Waals surface area contributed by atoms with Crippen LogP contribution in [0.3, 0.4) is 0 Å². The minimum atomic E-state index is -0.567. The number of carbonyl (C=O) groups is 1. The average molecular weight is 400 g/mol. The van der Waals surface area contributed by atoms with Gasteiger partial charge < -0.3 is 14.8 Å². The number of carbonyl (C=O) groups excluding carboxylic acids is 1. The Kier molecular flexibility index (Phi) is 5.61. The first-order valence-electron chi connectivity index (χ1n) is 9.91. The van der Waals surface area contributed by atoms with Crippen LogP contribution in [0.25, 0.3) is 0 Å². The van der Waals surface area contributed by atoms with Gasteiger partial charge in [-0.25, -0.2) is 0 Å². The highest BCUT2D eigenvalue weighted by Crippen LogP contribution is 2.43. The van der Waals surface area contributed by atoms with E-state index in [1.165, 1.54) is 0 Å². The summed E-state index contributed by atoms with van der Waals surface area (Å²) in [4.78, 5) is 13.6. The molecular weight excluding hydrogens is 374 g/mol. The van der Waals surface area contributed by atoms with Crippen molar-refractivity contribution in [2.75, 3.05) is 20.3 Å². The summed E-state index contributed by atoms with van der Waals surface area (Å²) in [5, 5.41) is 4.07. The van der Waals surface area contributed by atoms with Gasteiger partial charge in [0.2, 0.25) is 5.91 Å². The molecule has 0 bridgehead atoms. The third kappa shape index (κ3) is 3.89. The van der Waals surface area contributed by atoms with Crippen molar-refractivity contribution >= 4 is 17.5 Å². The first-order valence-corrected chi connectivity index (χ1v) is 10.3. The Balaban J connectivity index is 1.61. The zero-order valence-corrected chi connectivity index (χ0v) is 16.9. The smallest absolute Gasteiger partial charge is 0.231 e. The maximum atomic E-state index is 13.6. The molecule has 2 aromatic rings. The third-order valence-electron chi connectivity index (χ3n) is 6.03. The van der Waals surface area contributed by atoms with Crippen LogP contribution in [-0.2, 0) is 14.9 Å². The monoisotopic (exact) mass is 399 g/mol. The van der Waals surface area contributed by atoms with Crippen LogP contribution in [0.2, 0.25) is 5.02 Å². The van der Waals surface area contributed by atoms with Crippen LogP contribution in [-0.4, -0.2) is 26.2 Å². The number of hydrogen-bond acceptors (Lipinski definition) is 3. The minimum absolute atomic E-state index is 0.0328. The molecule has 148 valence electrons. The molecule has 2 fully saturated rings. The van der Waals surface area contributed by atoms with Crippen LogP contribution in [0, 0.1) is 5.92 Å². The van der Waals surface area contributed by atoms with E-state index in [-0.39, 0.29) is 11.9 Å². The first kappa shape index (κ1) is 19.3. The van der Waals surface area contributed by atoms with Crippen molar-refractivity contribution in [2.24, 2.45) is 5.92 Å². The summed E-state index contributed by atoms with van der Waals surface area (Å²) in [6, 6.07) is 15.7. The highest BCUT2D eigenvalue weighted by molar-refractivity contribution is 6.30. The molecule has 0 radical (unpaired) electrons. The van der Waals surface area contributed by atoms with Crippen LogP contribution < -0.4 is 10.1 Å². The molecule has 1 unspecified atom stereocenters. The summed E-state index contributed by atoms with van der Waals surface area (Å²) in [6.07, 6.45) is 3.66. The van der Waals surface area contributed by atoms with E-state index >= 15 is 0 Å². The quantitative estimate of drug-likeness (QED) is 0.768. The van der Waals surface area contributed by atoms with Crippen LogP contribution >= 0.6 is 11.6 Å². The predicted molar refractivity (Wildman–Crippen MR) is 110 cm³/mol. The molecule has 1 saturated carbocycles. The van der Waals surface area contributed by atoms with Gasteiger partial charge >= 0.3 is 0 Å². The number of benzene rings is 2. The van der Waals surface area contributed by atoms with E-state index in [0.717, 1.165) is 29.7 Å². The van der Waals surface area contributed by atoms with Crippen molar-refractivity contribution in [3.63, 3.8) is 0 Å². The lowest BCUT2D eigenvalue weighted by atomic mass is 9.73. The molecule has 0 spiro atoms. The van der Waals surface area contributed by atoms with Gasteiger partial charge in [-0.05, 0) is 67.0 Å². The fourth-order valence-corrected chi connectivity index (χ4v) is 4.26. The van der Waals surface area contributed by atoms with E-state index in [9.17, 15) is 4.79 Å². The van der Waals surface area contributed by atoms with Gasteiger partial charge in [-0.3, -0.25) is 4.79 Å². The Morgan fingerprint density at radius 2 is 1.75 bits per heavy atom. The number of amides is 1. The molecule has 1 atom stereocenters. The van der Waals surface area contributed by atoms with Gasteiger partial charge in [0.25, 0.3) is 0 Å². The number of rotatable bonds is 6. The van der Waals surface area contributed by atoms with Crippen molar-refractivity contribution in [2.45, 2.75) is 37.1 Å². The van der Waals surface area contributed by atoms with E-state index in [2.05, 4.69) is 17.4 Å². The molecule has 2 aromatic carbocycles. The van der Waals surface area contributed by atoms with Crippen molar-refractivity contribution < 1.29 is 14.3 Å². The maximum absolute atomic E-state index is 13.6. The van der Waals surface area contributed by atoms with Gasteiger partial charge in [-0.15, -0.1) is 0 Å². The van der Waals surface area contributed by atoms with Crippen molar-refractivity contribution in [3.05, 3.63) is 64.7 Å². The highest BCUT2D eigenvalue weighted by atomic mass is 35.5. The van der Waals surface area contributed by atoms with E-state index < -0.39 is 5.41 Å². The second kappa shape index (κ2) is 8.14. The zero-order chi connectivity index (χ0) is 19.6. The summed E-state index contributed by atoms with van der Waals surface area (Å²) in [6.45, 7) is 1.18. The Morgan fingerprint density at radius 3 is 2.32 bits per heavy atom. The Bertz CT molecular complexity index is 809. The van der Waals surface area contributed by atoms with Gasteiger partial charge in [-0.1, -0.05) is 35.9 Å². The number of ether oxygens (including phenoxy) is 2. The minimum Gasteiger partial charge on any atom is -0.497 e. The van der Waals surface area contributed by atoms with E-state index in [1.54, 1.807) is 7.11 Å².